The first-order valence-electron chi connectivity index (χ1n) is 9.85. The van der Waals surface area contributed by atoms with Crippen LogP contribution in [0.4, 0.5) is 5.69 Å². The molecule has 0 bridgehead atoms. The van der Waals surface area contributed by atoms with Gasteiger partial charge in [0.2, 0.25) is 5.75 Å². The SMILES string of the molecule is CN=C(NCc1cc(OC)c(OC)c(OC)c1)N1CCN(c2ccccc2Cl)CC1. The van der Waals surface area contributed by atoms with Crippen molar-refractivity contribution in [3.8, 4) is 17.2 Å². The summed E-state index contributed by atoms with van der Waals surface area (Å²) >= 11 is 6.35. The van der Waals surface area contributed by atoms with Gasteiger partial charge in [-0.25, -0.2) is 0 Å². The maximum atomic E-state index is 6.35. The van der Waals surface area contributed by atoms with E-state index in [0.717, 1.165) is 48.4 Å². The molecular formula is C22H29ClN4O3. The zero-order valence-electron chi connectivity index (χ0n) is 17.9. The third kappa shape index (κ3) is 4.84. The van der Waals surface area contributed by atoms with Gasteiger partial charge in [-0.15, -0.1) is 0 Å². The Morgan fingerprint density at radius 1 is 1.00 bits per heavy atom. The normalized spacial score (nSPS) is 14.5. The molecule has 1 heterocycles. The molecule has 0 atom stereocenters. The number of halogens is 1. The molecule has 1 saturated heterocycles. The molecule has 0 radical (unpaired) electrons. The summed E-state index contributed by atoms with van der Waals surface area (Å²) in [6, 6.07) is 11.9. The van der Waals surface area contributed by atoms with E-state index in [-0.39, 0.29) is 0 Å². The summed E-state index contributed by atoms with van der Waals surface area (Å²) in [5.74, 6) is 2.72. The summed E-state index contributed by atoms with van der Waals surface area (Å²) in [4.78, 5) is 9.03. The number of aliphatic imine (C=N–C) groups is 1. The van der Waals surface area contributed by atoms with Crippen molar-refractivity contribution in [2.75, 3.05) is 59.5 Å². The van der Waals surface area contributed by atoms with Crippen LogP contribution >= 0.6 is 11.6 Å². The van der Waals surface area contributed by atoms with Crippen molar-refractivity contribution in [3.63, 3.8) is 0 Å². The molecule has 0 amide bonds. The molecule has 1 aliphatic rings. The van der Waals surface area contributed by atoms with Gasteiger partial charge in [0.1, 0.15) is 0 Å². The predicted octanol–water partition coefficient (Wildman–Crippen LogP) is 3.26. The zero-order chi connectivity index (χ0) is 21.5. The molecule has 30 heavy (non-hydrogen) atoms. The molecule has 1 N–H and O–H groups in total. The van der Waals surface area contributed by atoms with E-state index in [2.05, 4.69) is 26.2 Å². The Kier molecular flexibility index (Phi) is 7.52. The van der Waals surface area contributed by atoms with E-state index in [1.165, 1.54) is 0 Å². The molecule has 1 fully saturated rings. The topological polar surface area (TPSA) is 58.6 Å². The quantitative estimate of drug-likeness (QED) is 0.558. The summed E-state index contributed by atoms with van der Waals surface area (Å²) in [7, 11) is 6.64. The lowest BCUT2D eigenvalue weighted by molar-refractivity contribution is 0.323. The van der Waals surface area contributed by atoms with Crippen molar-refractivity contribution in [1.29, 1.82) is 0 Å². The van der Waals surface area contributed by atoms with Gasteiger partial charge in [-0.05, 0) is 29.8 Å². The number of hydrogen-bond donors (Lipinski definition) is 1. The molecule has 0 spiro atoms. The summed E-state index contributed by atoms with van der Waals surface area (Å²) in [6.45, 7) is 4.08. The van der Waals surface area contributed by atoms with E-state index < -0.39 is 0 Å². The second-order valence-electron chi connectivity index (χ2n) is 6.86. The fourth-order valence-electron chi connectivity index (χ4n) is 3.62. The van der Waals surface area contributed by atoms with E-state index in [0.29, 0.717) is 23.8 Å². The Morgan fingerprint density at radius 3 is 2.17 bits per heavy atom. The highest BCUT2D eigenvalue weighted by Crippen LogP contribution is 2.38. The smallest absolute Gasteiger partial charge is 0.203 e. The molecule has 162 valence electrons. The Bertz CT molecular complexity index is 857. The van der Waals surface area contributed by atoms with Crippen LogP contribution in [0.1, 0.15) is 5.56 Å². The standard InChI is InChI=1S/C22H29ClN4O3/c1-24-22(25-15-16-13-19(28-2)21(30-4)20(14-16)29-3)27-11-9-26(10-12-27)18-8-6-5-7-17(18)23/h5-8,13-14H,9-12,15H2,1-4H3,(H,24,25). The summed E-state index contributed by atoms with van der Waals surface area (Å²) in [5.41, 5.74) is 2.10. The number of rotatable bonds is 6. The molecule has 1 aliphatic heterocycles. The number of ether oxygens (including phenoxy) is 3. The molecule has 7 nitrogen and oxygen atoms in total. The molecule has 0 aliphatic carbocycles. The molecule has 2 aromatic rings. The Hall–Kier alpha value is -2.80. The monoisotopic (exact) mass is 432 g/mol. The summed E-state index contributed by atoms with van der Waals surface area (Å²) < 4.78 is 16.3. The van der Waals surface area contributed by atoms with Gasteiger partial charge in [0.15, 0.2) is 17.5 Å². The van der Waals surface area contributed by atoms with E-state index in [1.54, 1.807) is 28.4 Å². The van der Waals surface area contributed by atoms with Crippen molar-refractivity contribution < 1.29 is 14.2 Å². The van der Waals surface area contributed by atoms with Crippen molar-refractivity contribution >= 4 is 23.2 Å². The van der Waals surface area contributed by atoms with E-state index in [1.807, 2.05) is 30.3 Å². The van der Waals surface area contributed by atoms with Crippen LogP contribution in [-0.2, 0) is 6.54 Å². The van der Waals surface area contributed by atoms with Crippen LogP contribution in [-0.4, -0.2) is 65.4 Å². The average Bonchev–Trinajstić information content (AvgIpc) is 2.79. The number of anilines is 1. The van der Waals surface area contributed by atoms with Gasteiger partial charge in [-0.1, -0.05) is 23.7 Å². The second-order valence-corrected chi connectivity index (χ2v) is 7.27. The van der Waals surface area contributed by atoms with Gasteiger partial charge in [0.05, 0.1) is 32.0 Å². The number of methoxy groups -OCH3 is 3. The van der Waals surface area contributed by atoms with Gasteiger partial charge in [-0.2, -0.15) is 0 Å². The Labute approximate surface area is 183 Å². The zero-order valence-corrected chi connectivity index (χ0v) is 18.7. The lowest BCUT2D eigenvalue weighted by Gasteiger charge is -2.38. The first-order valence-corrected chi connectivity index (χ1v) is 10.2. The van der Waals surface area contributed by atoms with Crippen molar-refractivity contribution in [2.24, 2.45) is 4.99 Å². The van der Waals surface area contributed by atoms with Crippen LogP contribution in [0.15, 0.2) is 41.4 Å². The lowest BCUT2D eigenvalue weighted by atomic mass is 10.1. The summed E-state index contributed by atoms with van der Waals surface area (Å²) in [6.07, 6.45) is 0. The number of para-hydroxylation sites is 1. The van der Waals surface area contributed by atoms with Crippen LogP contribution in [0.25, 0.3) is 0 Å². The molecule has 8 heteroatoms. The first-order chi connectivity index (χ1) is 14.6. The maximum Gasteiger partial charge on any atom is 0.203 e. The molecule has 0 saturated carbocycles. The average molecular weight is 433 g/mol. The molecule has 0 unspecified atom stereocenters. The van der Waals surface area contributed by atoms with Crippen LogP contribution in [0.3, 0.4) is 0 Å². The highest BCUT2D eigenvalue weighted by molar-refractivity contribution is 6.33. The van der Waals surface area contributed by atoms with Gasteiger partial charge in [0, 0.05) is 39.8 Å². The number of hydrogen-bond acceptors (Lipinski definition) is 5. The largest absolute Gasteiger partial charge is 0.493 e. The van der Waals surface area contributed by atoms with Crippen LogP contribution in [0.5, 0.6) is 17.2 Å². The first kappa shape index (κ1) is 21.9. The van der Waals surface area contributed by atoms with Crippen LogP contribution in [0, 0.1) is 0 Å². The Morgan fingerprint density at radius 2 is 1.63 bits per heavy atom. The van der Waals surface area contributed by atoms with Gasteiger partial charge in [-0.3, -0.25) is 4.99 Å². The minimum absolute atomic E-state index is 0.587. The fourth-order valence-corrected chi connectivity index (χ4v) is 3.87. The maximum absolute atomic E-state index is 6.35. The molecule has 2 aromatic carbocycles. The molecular weight excluding hydrogens is 404 g/mol. The minimum Gasteiger partial charge on any atom is -0.493 e. The highest BCUT2D eigenvalue weighted by Gasteiger charge is 2.21. The number of nitrogens with one attached hydrogen (secondary N) is 1. The molecule has 3 rings (SSSR count). The summed E-state index contributed by atoms with van der Waals surface area (Å²) in [5, 5.41) is 4.23. The van der Waals surface area contributed by atoms with E-state index in [4.69, 9.17) is 25.8 Å². The van der Waals surface area contributed by atoms with Gasteiger partial charge < -0.3 is 29.3 Å². The van der Waals surface area contributed by atoms with E-state index in [9.17, 15) is 0 Å². The fraction of sp³-hybridized carbons (Fsp3) is 0.409. The lowest BCUT2D eigenvalue weighted by Crippen LogP contribution is -2.52. The Balaban J connectivity index is 1.63. The third-order valence-electron chi connectivity index (χ3n) is 5.16. The van der Waals surface area contributed by atoms with Crippen LogP contribution in [0.2, 0.25) is 5.02 Å². The second kappa shape index (κ2) is 10.3. The van der Waals surface area contributed by atoms with Crippen LogP contribution < -0.4 is 24.4 Å². The van der Waals surface area contributed by atoms with Crippen molar-refractivity contribution in [2.45, 2.75) is 6.54 Å². The van der Waals surface area contributed by atoms with E-state index >= 15 is 0 Å². The van der Waals surface area contributed by atoms with Crippen molar-refractivity contribution in [3.05, 3.63) is 47.0 Å². The van der Waals surface area contributed by atoms with Gasteiger partial charge >= 0.3 is 0 Å². The molecule has 0 aromatic heterocycles. The highest BCUT2D eigenvalue weighted by atomic mass is 35.5. The number of guanidine groups is 1. The minimum atomic E-state index is 0.587. The van der Waals surface area contributed by atoms with Gasteiger partial charge in [0.25, 0.3) is 0 Å². The third-order valence-corrected chi connectivity index (χ3v) is 5.48. The number of piperazine rings is 1. The number of benzene rings is 2. The predicted molar refractivity (Wildman–Crippen MR) is 122 cm³/mol. The number of nitrogens with zero attached hydrogens (tertiary/aromatic N) is 3. The van der Waals surface area contributed by atoms with Crippen molar-refractivity contribution in [1.82, 2.24) is 10.2 Å².